The molecule has 3 aliphatic rings. The first kappa shape index (κ1) is 11.9. The van der Waals surface area contributed by atoms with Crippen molar-refractivity contribution in [3.8, 4) is 6.07 Å². The zero-order valence-corrected chi connectivity index (χ0v) is 10.4. The summed E-state index contributed by atoms with van der Waals surface area (Å²) >= 11 is 0. The number of nitriles is 1. The van der Waals surface area contributed by atoms with Gasteiger partial charge in [0.05, 0.1) is 18.7 Å². The molecule has 0 radical (unpaired) electrons. The Morgan fingerprint density at radius 2 is 2.28 bits per heavy atom. The van der Waals surface area contributed by atoms with Crippen LogP contribution in [0.5, 0.6) is 0 Å². The smallest absolute Gasteiger partial charge is 0.241 e. The highest BCUT2D eigenvalue weighted by Crippen LogP contribution is 2.49. The molecule has 0 aromatic heterocycles. The van der Waals surface area contributed by atoms with E-state index < -0.39 is 11.5 Å². The van der Waals surface area contributed by atoms with E-state index in [-0.39, 0.29) is 24.6 Å². The highest BCUT2D eigenvalue weighted by Gasteiger charge is 2.57. The fraction of sp³-hybridized carbons (Fsp3) is 0.846. The molecule has 1 amide bonds. The van der Waals surface area contributed by atoms with Crippen molar-refractivity contribution in [1.82, 2.24) is 4.90 Å². The molecule has 98 valence electrons. The van der Waals surface area contributed by atoms with Crippen molar-refractivity contribution < 1.29 is 9.90 Å². The van der Waals surface area contributed by atoms with E-state index in [9.17, 15) is 9.90 Å². The van der Waals surface area contributed by atoms with Gasteiger partial charge in [-0.2, -0.15) is 5.26 Å². The Balaban J connectivity index is 1.76. The molecule has 3 fully saturated rings. The molecule has 0 aromatic rings. The summed E-state index contributed by atoms with van der Waals surface area (Å²) in [6.07, 6.45) is 4.47. The minimum absolute atomic E-state index is 0.0287. The van der Waals surface area contributed by atoms with Crippen LogP contribution >= 0.6 is 0 Å². The Kier molecular flexibility index (Phi) is 2.61. The van der Waals surface area contributed by atoms with Crippen molar-refractivity contribution in [2.45, 2.75) is 50.2 Å². The number of nitrogens with zero attached hydrogens (tertiary/aromatic N) is 2. The van der Waals surface area contributed by atoms with Gasteiger partial charge in [-0.15, -0.1) is 0 Å². The SMILES string of the molecule is N#CC1CC2C[C@@H]2N1C(=O)C(N)C1(CO)CCC1. The lowest BCUT2D eigenvalue weighted by molar-refractivity contribution is -0.140. The van der Waals surface area contributed by atoms with Crippen molar-refractivity contribution in [2.24, 2.45) is 17.1 Å². The quantitative estimate of drug-likeness (QED) is 0.736. The van der Waals surface area contributed by atoms with Gasteiger partial charge in [0.1, 0.15) is 6.04 Å². The first-order valence-corrected chi connectivity index (χ1v) is 6.71. The standard InChI is InChI=1S/C13H19N3O2/c14-6-9-4-8-5-10(8)16(9)12(18)11(15)13(7-17)2-1-3-13/h8-11,17H,1-5,7,15H2/t8?,9?,10-,11?/m0/s1. The van der Waals surface area contributed by atoms with Gasteiger partial charge in [-0.25, -0.2) is 0 Å². The van der Waals surface area contributed by atoms with Crippen LogP contribution in [0.1, 0.15) is 32.1 Å². The third kappa shape index (κ3) is 1.49. The molecule has 1 aliphatic heterocycles. The van der Waals surface area contributed by atoms with Gasteiger partial charge in [-0.05, 0) is 31.6 Å². The van der Waals surface area contributed by atoms with Crippen LogP contribution in [0.2, 0.25) is 0 Å². The number of nitrogens with two attached hydrogens (primary N) is 1. The first-order valence-electron chi connectivity index (χ1n) is 6.71. The third-order valence-electron chi connectivity index (χ3n) is 5.10. The Hall–Kier alpha value is -1.12. The summed E-state index contributed by atoms with van der Waals surface area (Å²) in [5, 5.41) is 18.6. The van der Waals surface area contributed by atoms with E-state index in [1.54, 1.807) is 4.90 Å². The summed E-state index contributed by atoms with van der Waals surface area (Å²) < 4.78 is 0. The molecule has 2 saturated carbocycles. The Labute approximate surface area is 107 Å². The minimum atomic E-state index is -0.647. The number of aliphatic hydroxyl groups is 1. The molecule has 5 heteroatoms. The minimum Gasteiger partial charge on any atom is -0.396 e. The van der Waals surface area contributed by atoms with Crippen LogP contribution in [0, 0.1) is 22.7 Å². The van der Waals surface area contributed by atoms with E-state index in [2.05, 4.69) is 6.07 Å². The highest BCUT2D eigenvalue weighted by molar-refractivity contribution is 5.84. The Morgan fingerprint density at radius 3 is 2.78 bits per heavy atom. The number of fused-ring (bicyclic) bond motifs is 1. The van der Waals surface area contributed by atoms with Crippen LogP contribution < -0.4 is 5.73 Å². The maximum atomic E-state index is 12.5. The topological polar surface area (TPSA) is 90.4 Å². The van der Waals surface area contributed by atoms with E-state index in [1.807, 2.05) is 0 Å². The van der Waals surface area contributed by atoms with Gasteiger partial charge in [0.15, 0.2) is 0 Å². The van der Waals surface area contributed by atoms with Gasteiger partial charge in [0.25, 0.3) is 0 Å². The number of likely N-dealkylation sites (tertiary alicyclic amines) is 1. The number of piperidine rings is 1. The second-order valence-corrected chi connectivity index (χ2v) is 6.04. The first-order chi connectivity index (χ1) is 8.63. The second kappa shape index (κ2) is 3.94. The fourth-order valence-electron chi connectivity index (χ4n) is 3.51. The third-order valence-corrected chi connectivity index (χ3v) is 5.10. The molecule has 0 spiro atoms. The van der Waals surface area contributed by atoms with Gasteiger partial charge < -0.3 is 15.7 Å². The Morgan fingerprint density at radius 1 is 1.56 bits per heavy atom. The molecule has 0 aromatic carbocycles. The van der Waals surface area contributed by atoms with Crippen LogP contribution in [0.4, 0.5) is 0 Å². The molecule has 5 nitrogen and oxygen atoms in total. The fourth-order valence-corrected chi connectivity index (χ4v) is 3.51. The molecule has 18 heavy (non-hydrogen) atoms. The maximum absolute atomic E-state index is 12.5. The monoisotopic (exact) mass is 249 g/mol. The number of hydrogen-bond acceptors (Lipinski definition) is 4. The average molecular weight is 249 g/mol. The summed E-state index contributed by atoms with van der Waals surface area (Å²) in [5.41, 5.74) is 5.66. The number of carbonyl (C=O) groups is 1. The number of amides is 1. The van der Waals surface area contributed by atoms with Gasteiger partial charge in [0, 0.05) is 11.5 Å². The van der Waals surface area contributed by atoms with Gasteiger partial charge in [0.2, 0.25) is 5.91 Å². The summed E-state index contributed by atoms with van der Waals surface area (Å²) in [6, 6.07) is 1.49. The summed E-state index contributed by atoms with van der Waals surface area (Å²) in [4.78, 5) is 14.2. The van der Waals surface area contributed by atoms with Crippen LogP contribution in [0.25, 0.3) is 0 Å². The molecular formula is C13H19N3O2. The lowest BCUT2D eigenvalue weighted by atomic mass is 9.64. The van der Waals surface area contributed by atoms with Crippen LogP contribution in [-0.4, -0.2) is 40.6 Å². The molecule has 3 N–H and O–H groups in total. The predicted molar refractivity (Wildman–Crippen MR) is 64.1 cm³/mol. The maximum Gasteiger partial charge on any atom is 0.241 e. The molecule has 4 atom stereocenters. The molecule has 1 saturated heterocycles. The molecular weight excluding hydrogens is 230 g/mol. The van der Waals surface area contributed by atoms with E-state index >= 15 is 0 Å². The highest BCUT2D eigenvalue weighted by atomic mass is 16.3. The lowest BCUT2D eigenvalue weighted by Crippen LogP contribution is -2.59. The van der Waals surface area contributed by atoms with Gasteiger partial charge in [-0.3, -0.25) is 4.79 Å². The van der Waals surface area contributed by atoms with Crippen LogP contribution in [0.15, 0.2) is 0 Å². The van der Waals surface area contributed by atoms with Crippen LogP contribution in [-0.2, 0) is 4.79 Å². The predicted octanol–water partition coefficient (Wildman–Crippen LogP) is -0.0107. The normalized spacial score (nSPS) is 37.4. The van der Waals surface area contributed by atoms with Crippen molar-refractivity contribution in [1.29, 1.82) is 5.26 Å². The molecule has 3 rings (SSSR count). The number of hydrogen-bond donors (Lipinski definition) is 2. The Bertz CT molecular complexity index is 407. The number of rotatable bonds is 3. The van der Waals surface area contributed by atoms with Crippen molar-refractivity contribution in [3.05, 3.63) is 0 Å². The van der Waals surface area contributed by atoms with Crippen molar-refractivity contribution in [2.75, 3.05) is 6.61 Å². The molecule has 3 unspecified atom stereocenters. The van der Waals surface area contributed by atoms with Gasteiger partial charge >= 0.3 is 0 Å². The number of aliphatic hydroxyl groups excluding tert-OH is 1. The zero-order valence-electron chi connectivity index (χ0n) is 10.4. The van der Waals surface area contributed by atoms with Crippen molar-refractivity contribution in [3.63, 3.8) is 0 Å². The lowest BCUT2D eigenvalue weighted by Gasteiger charge is -2.45. The van der Waals surface area contributed by atoms with Gasteiger partial charge in [-0.1, -0.05) is 6.42 Å². The zero-order chi connectivity index (χ0) is 12.9. The second-order valence-electron chi connectivity index (χ2n) is 6.04. The molecule has 1 heterocycles. The number of carbonyl (C=O) groups excluding carboxylic acids is 1. The van der Waals surface area contributed by atoms with Crippen LogP contribution in [0.3, 0.4) is 0 Å². The van der Waals surface area contributed by atoms with E-state index in [0.717, 1.165) is 32.1 Å². The summed E-state index contributed by atoms with van der Waals surface area (Å²) in [5.74, 6) is 0.387. The molecule has 0 bridgehead atoms. The average Bonchev–Trinajstić information content (AvgIpc) is 2.99. The van der Waals surface area contributed by atoms with E-state index in [1.165, 1.54) is 0 Å². The molecule has 2 aliphatic carbocycles. The largest absolute Gasteiger partial charge is 0.396 e. The van der Waals surface area contributed by atoms with E-state index in [4.69, 9.17) is 11.0 Å². The van der Waals surface area contributed by atoms with Crippen molar-refractivity contribution >= 4 is 5.91 Å². The van der Waals surface area contributed by atoms with E-state index in [0.29, 0.717) is 5.92 Å². The summed E-state index contributed by atoms with van der Waals surface area (Å²) in [6.45, 7) is -0.0287. The summed E-state index contributed by atoms with van der Waals surface area (Å²) in [7, 11) is 0.